The Morgan fingerprint density at radius 1 is 1.20 bits per heavy atom. The van der Waals surface area contributed by atoms with Crippen molar-refractivity contribution in [3.05, 3.63) is 54.1 Å². The molecule has 0 aliphatic carbocycles. The Hall–Kier alpha value is -2.19. The SMILES string of the molecule is CC(C)(C)c1ccc2c(c1)N(S(C)(=O)=O)C[C@H](C(=O)NCCSc1ccccc1)O2. The van der Waals surface area contributed by atoms with Crippen LogP contribution in [0.3, 0.4) is 0 Å². The Kier molecular flexibility index (Phi) is 6.67. The number of anilines is 1. The number of nitrogens with zero attached hydrogens (tertiary/aromatic N) is 1. The minimum absolute atomic E-state index is 0.0446. The first-order chi connectivity index (χ1) is 14.1. The van der Waals surface area contributed by atoms with Crippen molar-refractivity contribution in [2.75, 3.05) is 29.4 Å². The molecule has 0 bridgehead atoms. The van der Waals surface area contributed by atoms with E-state index in [1.807, 2.05) is 42.5 Å². The van der Waals surface area contributed by atoms with Gasteiger partial charge in [0.15, 0.2) is 6.10 Å². The fourth-order valence-electron chi connectivity index (χ4n) is 3.14. The number of hydrogen-bond acceptors (Lipinski definition) is 5. The summed E-state index contributed by atoms with van der Waals surface area (Å²) in [6.07, 6.45) is 0.256. The van der Waals surface area contributed by atoms with Gasteiger partial charge in [0.25, 0.3) is 5.91 Å². The quantitative estimate of drug-likeness (QED) is 0.541. The van der Waals surface area contributed by atoms with E-state index in [0.717, 1.165) is 16.7 Å². The second kappa shape index (κ2) is 8.89. The average Bonchev–Trinajstić information content (AvgIpc) is 2.69. The van der Waals surface area contributed by atoms with Crippen LogP contribution in [0.5, 0.6) is 5.75 Å². The topological polar surface area (TPSA) is 75.7 Å². The number of hydrogen-bond donors (Lipinski definition) is 1. The second-order valence-electron chi connectivity index (χ2n) is 8.29. The molecule has 1 amide bonds. The molecular formula is C22H28N2O4S2. The molecule has 0 radical (unpaired) electrons. The molecule has 0 spiro atoms. The highest BCUT2D eigenvalue weighted by molar-refractivity contribution is 7.99. The first-order valence-electron chi connectivity index (χ1n) is 9.80. The summed E-state index contributed by atoms with van der Waals surface area (Å²) in [5.41, 5.74) is 1.34. The number of carbonyl (C=O) groups is 1. The Morgan fingerprint density at radius 3 is 2.53 bits per heavy atom. The van der Waals surface area contributed by atoms with Gasteiger partial charge in [0.2, 0.25) is 10.0 Å². The van der Waals surface area contributed by atoms with Gasteiger partial charge in [0.1, 0.15) is 5.75 Å². The van der Waals surface area contributed by atoms with Crippen LogP contribution in [-0.4, -0.2) is 45.5 Å². The minimum Gasteiger partial charge on any atom is -0.476 e. The number of thioether (sulfide) groups is 1. The largest absolute Gasteiger partial charge is 0.476 e. The first-order valence-corrected chi connectivity index (χ1v) is 12.6. The lowest BCUT2D eigenvalue weighted by Gasteiger charge is -2.35. The van der Waals surface area contributed by atoms with E-state index in [4.69, 9.17) is 4.74 Å². The standard InChI is InChI=1S/C22H28N2O4S2/c1-22(2,3)16-10-11-19-18(14-16)24(30(4,26)27)15-20(28-19)21(25)23-12-13-29-17-8-6-5-7-9-17/h5-11,14,20H,12-13,15H2,1-4H3,(H,23,25)/t20-/m1/s1. The Labute approximate surface area is 183 Å². The fraction of sp³-hybridized carbons (Fsp3) is 0.409. The van der Waals surface area contributed by atoms with Crippen LogP contribution in [0.4, 0.5) is 5.69 Å². The number of benzene rings is 2. The van der Waals surface area contributed by atoms with Crippen LogP contribution in [0, 0.1) is 0 Å². The summed E-state index contributed by atoms with van der Waals surface area (Å²) in [6.45, 7) is 6.61. The lowest BCUT2D eigenvalue weighted by molar-refractivity contribution is -0.127. The maximum Gasteiger partial charge on any atom is 0.263 e. The van der Waals surface area contributed by atoms with Crippen molar-refractivity contribution in [3.63, 3.8) is 0 Å². The maximum atomic E-state index is 12.7. The third-order valence-corrected chi connectivity index (χ3v) is 6.96. The van der Waals surface area contributed by atoms with E-state index < -0.39 is 16.1 Å². The molecule has 1 aliphatic heterocycles. The molecule has 6 nitrogen and oxygen atoms in total. The molecule has 1 heterocycles. The predicted molar refractivity (Wildman–Crippen MR) is 122 cm³/mol. The van der Waals surface area contributed by atoms with Crippen LogP contribution in [0.1, 0.15) is 26.3 Å². The van der Waals surface area contributed by atoms with Crippen LogP contribution in [0.25, 0.3) is 0 Å². The fourth-order valence-corrected chi connectivity index (χ4v) is 4.84. The van der Waals surface area contributed by atoms with E-state index >= 15 is 0 Å². The second-order valence-corrected chi connectivity index (χ2v) is 11.4. The molecule has 1 atom stereocenters. The van der Waals surface area contributed by atoms with Crippen LogP contribution < -0.4 is 14.4 Å². The van der Waals surface area contributed by atoms with Gasteiger partial charge in [-0.15, -0.1) is 11.8 Å². The third-order valence-electron chi connectivity index (χ3n) is 4.80. The van der Waals surface area contributed by atoms with Crippen molar-refractivity contribution in [3.8, 4) is 5.75 Å². The summed E-state index contributed by atoms with van der Waals surface area (Å²) in [6, 6.07) is 15.4. The molecule has 8 heteroatoms. The van der Waals surface area contributed by atoms with Gasteiger partial charge in [0.05, 0.1) is 18.5 Å². The summed E-state index contributed by atoms with van der Waals surface area (Å²) in [5, 5.41) is 2.85. The highest BCUT2D eigenvalue weighted by Crippen LogP contribution is 2.38. The zero-order valence-corrected chi connectivity index (χ0v) is 19.3. The summed E-state index contributed by atoms with van der Waals surface area (Å²) < 4.78 is 32.0. The maximum absolute atomic E-state index is 12.7. The van der Waals surface area contributed by atoms with E-state index in [2.05, 4.69) is 26.1 Å². The summed E-state index contributed by atoms with van der Waals surface area (Å²) in [5.74, 6) is 0.797. The van der Waals surface area contributed by atoms with Crippen molar-refractivity contribution in [1.82, 2.24) is 5.32 Å². The predicted octanol–water partition coefficient (Wildman–Crippen LogP) is 3.42. The lowest BCUT2D eigenvalue weighted by Crippen LogP contribution is -2.50. The van der Waals surface area contributed by atoms with Crippen molar-refractivity contribution in [2.24, 2.45) is 0 Å². The zero-order chi connectivity index (χ0) is 21.9. The van der Waals surface area contributed by atoms with E-state index in [9.17, 15) is 13.2 Å². The molecule has 162 valence electrons. The van der Waals surface area contributed by atoms with Crippen molar-refractivity contribution in [1.29, 1.82) is 0 Å². The molecule has 0 fully saturated rings. The van der Waals surface area contributed by atoms with E-state index in [-0.39, 0.29) is 17.9 Å². The third kappa shape index (κ3) is 5.49. The minimum atomic E-state index is -3.56. The zero-order valence-electron chi connectivity index (χ0n) is 17.7. The highest BCUT2D eigenvalue weighted by Gasteiger charge is 2.35. The number of ether oxygens (including phenoxy) is 1. The van der Waals surface area contributed by atoms with Crippen LogP contribution in [-0.2, 0) is 20.2 Å². The molecule has 1 aliphatic rings. The Morgan fingerprint density at radius 2 is 1.90 bits per heavy atom. The van der Waals surface area contributed by atoms with Gasteiger partial charge < -0.3 is 10.1 Å². The molecule has 0 saturated carbocycles. The van der Waals surface area contributed by atoms with E-state index in [0.29, 0.717) is 23.7 Å². The summed E-state index contributed by atoms with van der Waals surface area (Å²) in [4.78, 5) is 13.8. The average molecular weight is 449 g/mol. The Balaban J connectivity index is 1.69. The molecule has 1 N–H and O–H groups in total. The normalized spacial score (nSPS) is 16.5. The van der Waals surface area contributed by atoms with Gasteiger partial charge in [0, 0.05) is 17.2 Å². The first kappa shape index (κ1) is 22.5. The van der Waals surface area contributed by atoms with Gasteiger partial charge in [-0.05, 0) is 35.2 Å². The lowest BCUT2D eigenvalue weighted by atomic mass is 9.86. The van der Waals surface area contributed by atoms with Crippen molar-refractivity contribution in [2.45, 2.75) is 37.2 Å². The van der Waals surface area contributed by atoms with Crippen LogP contribution >= 0.6 is 11.8 Å². The number of carbonyl (C=O) groups excluding carboxylic acids is 1. The molecule has 3 rings (SSSR count). The van der Waals surface area contributed by atoms with Gasteiger partial charge in [-0.2, -0.15) is 0 Å². The number of rotatable bonds is 6. The van der Waals surface area contributed by atoms with Crippen LogP contribution in [0.15, 0.2) is 53.4 Å². The molecule has 0 aromatic heterocycles. The van der Waals surface area contributed by atoms with Gasteiger partial charge in [-0.1, -0.05) is 45.0 Å². The number of amides is 1. The number of nitrogens with one attached hydrogen (secondary N) is 1. The van der Waals surface area contributed by atoms with Crippen LogP contribution in [0.2, 0.25) is 0 Å². The van der Waals surface area contributed by atoms with Gasteiger partial charge >= 0.3 is 0 Å². The number of sulfonamides is 1. The summed E-state index contributed by atoms with van der Waals surface area (Å²) >= 11 is 1.64. The smallest absolute Gasteiger partial charge is 0.263 e. The van der Waals surface area contributed by atoms with Crippen molar-refractivity contribution >= 4 is 33.4 Å². The summed E-state index contributed by atoms with van der Waals surface area (Å²) in [7, 11) is -3.56. The van der Waals surface area contributed by atoms with Gasteiger partial charge in [-0.3, -0.25) is 9.10 Å². The molecule has 2 aromatic carbocycles. The molecule has 0 saturated heterocycles. The Bertz CT molecular complexity index is 1000. The van der Waals surface area contributed by atoms with E-state index in [1.54, 1.807) is 17.8 Å². The highest BCUT2D eigenvalue weighted by atomic mass is 32.2. The van der Waals surface area contributed by atoms with E-state index in [1.165, 1.54) is 4.31 Å². The molecule has 2 aromatic rings. The number of fused-ring (bicyclic) bond motifs is 1. The van der Waals surface area contributed by atoms with Crippen molar-refractivity contribution < 1.29 is 17.9 Å². The van der Waals surface area contributed by atoms with Gasteiger partial charge in [-0.25, -0.2) is 8.42 Å². The molecule has 30 heavy (non-hydrogen) atoms. The monoisotopic (exact) mass is 448 g/mol. The molecular weight excluding hydrogens is 420 g/mol. The molecule has 0 unspecified atom stereocenters.